The van der Waals surface area contributed by atoms with E-state index in [0.29, 0.717) is 12.8 Å². The number of nitrogens with one attached hydrogen (secondary N) is 1. The summed E-state index contributed by atoms with van der Waals surface area (Å²) in [6, 6.07) is -0.952. The van der Waals surface area contributed by atoms with Gasteiger partial charge in [-0.15, -0.1) is 0 Å². The standard InChI is InChI=1S/C66H107NO13/c1-3-5-7-9-11-13-15-17-18-19-20-21-22-23-24-25-26-27-28-29-30-31-32-33-34-35-36-38-40-42-44-46-48-50-58(71)67-54(55(70)49-47-45-43-41-39-37-16-14-12-10-8-6-4-2)53-77-65-63(76)61(74)64(57(52-69)79-65)80-66-62(75)60(73)59(72)56(51-68)78-66/h5,7,11,13,17-18,20-21,23-24,26-27,29-30,32-33,35-36,39,41,47,49,54-57,59-66,68-70,72-76H,3-4,6,8-10,12,14-16,19,22,25,28,31,34,37-38,40,42-46,48,50-53H2,1-2H3,(H,67,71)/b7-5-,13-11-,18-17-,21-20-,24-23-,27-26-,30-29-,33-32-,36-35-,41-39+,49-47+. The lowest BCUT2D eigenvalue weighted by Gasteiger charge is -2.46. The molecule has 9 N–H and O–H groups in total. The maximum atomic E-state index is 13.2. The van der Waals surface area contributed by atoms with E-state index in [1.165, 1.54) is 44.9 Å². The Labute approximate surface area is 481 Å². The first kappa shape index (κ1) is 72.2. The lowest BCUT2D eigenvalue weighted by molar-refractivity contribution is -0.359. The van der Waals surface area contributed by atoms with E-state index < -0.39 is 86.8 Å². The van der Waals surface area contributed by atoms with Gasteiger partial charge in [-0.05, 0) is 103 Å². The SMILES string of the molecule is CC/C=C\C/C=C\C/C=C\C/C=C\C/C=C\C/C=C\C/C=C\C/C=C\C/C=C\CCCCCCCC(=O)NC(COC1OC(CO)C(OC2OC(CO)C(O)C(O)C2O)C(O)C1O)C(O)/C=C/CC/C=C/CCCCCCCCC. The lowest BCUT2D eigenvalue weighted by atomic mass is 9.97. The van der Waals surface area contributed by atoms with Crippen LogP contribution >= 0.6 is 0 Å². The molecule has 2 rings (SSSR count). The van der Waals surface area contributed by atoms with Crippen molar-refractivity contribution in [3.8, 4) is 0 Å². The Morgan fingerprint density at radius 2 is 0.875 bits per heavy atom. The molecule has 0 bridgehead atoms. The van der Waals surface area contributed by atoms with Crippen LogP contribution in [0.15, 0.2) is 134 Å². The fraction of sp³-hybridized carbons (Fsp3) is 0.652. The highest BCUT2D eigenvalue weighted by Gasteiger charge is 2.51. The number of unbranched alkanes of at least 4 members (excludes halogenated alkanes) is 13. The molecule has 0 aliphatic carbocycles. The number of carbonyl (C=O) groups is 1. The molecule has 2 saturated heterocycles. The topological polar surface area (TPSA) is 228 Å². The van der Waals surface area contributed by atoms with Crippen molar-refractivity contribution in [3.05, 3.63) is 134 Å². The molecular formula is C66H107NO13. The molecule has 2 heterocycles. The van der Waals surface area contributed by atoms with E-state index in [0.717, 1.165) is 103 Å². The van der Waals surface area contributed by atoms with Crippen molar-refractivity contribution in [1.29, 1.82) is 0 Å². The summed E-state index contributed by atoms with van der Waals surface area (Å²) in [6.45, 7) is 2.61. The minimum Gasteiger partial charge on any atom is -0.394 e. The number of hydrogen-bond acceptors (Lipinski definition) is 13. The summed E-state index contributed by atoms with van der Waals surface area (Å²) in [7, 11) is 0. The zero-order chi connectivity index (χ0) is 58.1. The van der Waals surface area contributed by atoms with Gasteiger partial charge in [0.05, 0.1) is 32.0 Å². The third kappa shape index (κ3) is 34.5. The molecule has 0 aromatic rings. The largest absolute Gasteiger partial charge is 0.394 e. The van der Waals surface area contributed by atoms with Crippen LogP contribution < -0.4 is 5.32 Å². The van der Waals surface area contributed by atoms with Crippen LogP contribution in [-0.4, -0.2) is 140 Å². The normalized spacial score (nSPS) is 25.2. The van der Waals surface area contributed by atoms with E-state index in [2.05, 4.69) is 141 Å². The maximum Gasteiger partial charge on any atom is 0.220 e. The van der Waals surface area contributed by atoms with Gasteiger partial charge in [-0.1, -0.05) is 205 Å². The van der Waals surface area contributed by atoms with E-state index in [-0.39, 0.29) is 18.9 Å². The van der Waals surface area contributed by atoms with E-state index in [1.807, 2.05) is 6.08 Å². The predicted octanol–water partition coefficient (Wildman–Crippen LogP) is 10.8. The van der Waals surface area contributed by atoms with Gasteiger partial charge < -0.3 is 65.1 Å². The summed E-state index contributed by atoms with van der Waals surface area (Å²) in [5.74, 6) is -0.276. The summed E-state index contributed by atoms with van der Waals surface area (Å²) in [4.78, 5) is 13.2. The molecular weight excluding hydrogens is 1010 g/mol. The van der Waals surface area contributed by atoms with Gasteiger partial charge >= 0.3 is 0 Å². The number of aliphatic hydroxyl groups excluding tert-OH is 8. The third-order valence-corrected chi connectivity index (χ3v) is 13.8. The van der Waals surface area contributed by atoms with E-state index in [1.54, 1.807) is 6.08 Å². The molecule has 80 heavy (non-hydrogen) atoms. The third-order valence-electron chi connectivity index (χ3n) is 13.8. The fourth-order valence-electron chi connectivity index (χ4n) is 8.94. The second kappa shape index (κ2) is 49.7. The van der Waals surface area contributed by atoms with Crippen molar-refractivity contribution >= 4 is 5.91 Å². The number of carbonyl (C=O) groups excluding carboxylic acids is 1. The van der Waals surface area contributed by atoms with Gasteiger partial charge in [0.2, 0.25) is 5.91 Å². The average molecular weight is 1120 g/mol. The highest BCUT2D eigenvalue weighted by Crippen LogP contribution is 2.30. The molecule has 2 aliphatic rings. The summed E-state index contributed by atoms with van der Waals surface area (Å²) < 4.78 is 22.7. The Balaban J connectivity index is 1.72. The monoisotopic (exact) mass is 1120 g/mol. The zero-order valence-electron chi connectivity index (χ0n) is 48.8. The number of aliphatic hydroxyl groups is 8. The van der Waals surface area contributed by atoms with Crippen molar-refractivity contribution in [2.24, 2.45) is 0 Å². The molecule has 0 aromatic carbocycles. The molecule has 0 saturated carbocycles. The average Bonchev–Trinajstić information content (AvgIpc) is 3.49. The molecule has 14 nitrogen and oxygen atoms in total. The van der Waals surface area contributed by atoms with Gasteiger partial charge in [-0.2, -0.15) is 0 Å². The number of amides is 1. The van der Waals surface area contributed by atoms with E-state index in [4.69, 9.17) is 18.9 Å². The van der Waals surface area contributed by atoms with Crippen LogP contribution in [-0.2, 0) is 23.7 Å². The van der Waals surface area contributed by atoms with Crippen molar-refractivity contribution < 1.29 is 64.6 Å². The first-order chi connectivity index (χ1) is 39.1. The Hall–Kier alpha value is -3.87. The molecule has 0 aromatic heterocycles. The molecule has 12 unspecified atom stereocenters. The van der Waals surface area contributed by atoms with Crippen molar-refractivity contribution in [2.45, 2.75) is 254 Å². The predicted molar refractivity (Wildman–Crippen MR) is 322 cm³/mol. The summed E-state index contributed by atoms with van der Waals surface area (Å²) in [6.07, 6.45) is 56.4. The zero-order valence-corrected chi connectivity index (χ0v) is 48.8. The molecule has 2 fully saturated rings. The minimum atomic E-state index is -1.80. The Bertz CT molecular complexity index is 1850. The second-order valence-electron chi connectivity index (χ2n) is 20.7. The van der Waals surface area contributed by atoms with Crippen LogP contribution in [0.2, 0.25) is 0 Å². The van der Waals surface area contributed by atoms with Gasteiger partial charge in [-0.25, -0.2) is 0 Å². The van der Waals surface area contributed by atoms with Crippen molar-refractivity contribution in [1.82, 2.24) is 5.32 Å². The number of allylic oxidation sites excluding steroid dienone is 21. The van der Waals surface area contributed by atoms with Crippen LogP contribution in [0.3, 0.4) is 0 Å². The quantitative estimate of drug-likeness (QED) is 0.0204. The van der Waals surface area contributed by atoms with Crippen LogP contribution in [0, 0.1) is 0 Å². The van der Waals surface area contributed by atoms with Gasteiger partial charge in [0.1, 0.15) is 48.8 Å². The summed E-state index contributed by atoms with van der Waals surface area (Å²) in [5.41, 5.74) is 0. The maximum absolute atomic E-state index is 13.2. The van der Waals surface area contributed by atoms with Crippen LogP contribution in [0.25, 0.3) is 0 Å². The first-order valence-corrected chi connectivity index (χ1v) is 30.4. The van der Waals surface area contributed by atoms with Crippen LogP contribution in [0.4, 0.5) is 0 Å². The van der Waals surface area contributed by atoms with Crippen molar-refractivity contribution in [2.75, 3.05) is 19.8 Å². The fourth-order valence-corrected chi connectivity index (χ4v) is 8.94. The second-order valence-corrected chi connectivity index (χ2v) is 20.7. The van der Waals surface area contributed by atoms with Gasteiger partial charge in [0.25, 0.3) is 0 Å². The van der Waals surface area contributed by atoms with Gasteiger partial charge in [0, 0.05) is 6.42 Å². The molecule has 1 amide bonds. The summed E-state index contributed by atoms with van der Waals surface area (Å²) >= 11 is 0. The van der Waals surface area contributed by atoms with Crippen molar-refractivity contribution in [3.63, 3.8) is 0 Å². The van der Waals surface area contributed by atoms with Gasteiger partial charge in [0.15, 0.2) is 12.6 Å². The minimum absolute atomic E-state index is 0.241. The molecule has 0 spiro atoms. The Morgan fingerprint density at radius 1 is 0.463 bits per heavy atom. The first-order valence-electron chi connectivity index (χ1n) is 30.4. The van der Waals surface area contributed by atoms with E-state index in [9.17, 15) is 45.6 Å². The number of ether oxygens (including phenoxy) is 4. The lowest BCUT2D eigenvalue weighted by Crippen LogP contribution is -2.65. The Morgan fingerprint density at radius 3 is 1.38 bits per heavy atom. The highest BCUT2D eigenvalue weighted by atomic mass is 16.7. The van der Waals surface area contributed by atoms with Gasteiger partial charge in [-0.3, -0.25) is 4.79 Å². The van der Waals surface area contributed by atoms with Crippen LogP contribution in [0.1, 0.15) is 181 Å². The molecule has 2 aliphatic heterocycles. The number of rotatable bonds is 46. The molecule has 0 radical (unpaired) electrons. The Kier molecular flexibility index (Phi) is 44.9. The number of hydrogen-bond donors (Lipinski definition) is 9. The summed E-state index contributed by atoms with van der Waals surface area (Å²) in [5, 5.41) is 87.0. The van der Waals surface area contributed by atoms with Crippen LogP contribution in [0.5, 0.6) is 0 Å². The molecule has 454 valence electrons. The smallest absolute Gasteiger partial charge is 0.220 e. The highest BCUT2D eigenvalue weighted by molar-refractivity contribution is 5.76. The van der Waals surface area contributed by atoms with E-state index >= 15 is 0 Å². The molecule has 14 heteroatoms. The molecule has 12 atom stereocenters.